The third-order valence-electron chi connectivity index (χ3n) is 4.69. The number of fused-ring (bicyclic) bond motifs is 3. The van der Waals surface area contributed by atoms with E-state index in [9.17, 15) is 0 Å². The highest BCUT2D eigenvalue weighted by atomic mass is 15.3. The van der Waals surface area contributed by atoms with Gasteiger partial charge < -0.3 is 9.80 Å². The Hall–Kier alpha value is -1.64. The number of benzene rings is 2. The molecule has 0 unspecified atom stereocenters. The summed E-state index contributed by atoms with van der Waals surface area (Å²) in [5.74, 6) is 0. The molecule has 0 radical (unpaired) electrons. The van der Waals surface area contributed by atoms with Crippen molar-refractivity contribution < 1.29 is 4.48 Å². The van der Waals surface area contributed by atoms with Crippen molar-refractivity contribution in [1.82, 2.24) is 5.32 Å². The van der Waals surface area contributed by atoms with Gasteiger partial charge in [-0.2, -0.15) is 0 Å². The molecule has 0 bridgehead atoms. The molecule has 0 aliphatic heterocycles. The van der Waals surface area contributed by atoms with Gasteiger partial charge in [-0.1, -0.05) is 48.5 Å². The molecule has 2 aromatic rings. The first kappa shape index (κ1) is 16.2. The largest absolute Gasteiger partial charge is 0.331 e. The molecule has 122 valence electrons. The maximum atomic E-state index is 3.79. The van der Waals surface area contributed by atoms with Gasteiger partial charge in [-0.05, 0) is 48.1 Å². The van der Waals surface area contributed by atoms with Crippen LogP contribution in [0.5, 0.6) is 0 Å². The molecular weight excluding hydrogens is 280 g/mol. The Morgan fingerprint density at radius 1 is 0.783 bits per heavy atom. The molecule has 0 heterocycles. The topological polar surface area (TPSA) is 12.0 Å². The molecule has 1 N–H and O–H groups in total. The Labute approximate surface area is 140 Å². The first-order chi connectivity index (χ1) is 11.1. The third-order valence-corrected chi connectivity index (χ3v) is 4.69. The Bertz CT molecular complexity index is 609. The Morgan fingerprint density at radius 2 is 1.35 bits per heavy atom. The van der Waals surface area contributed by atoms with Gasteiger partial charge in [-0.25, -0.2) is 0 Å². The molecule has 23 heavy (non-hydrogen) atoms. The van der Waals surface area contributed by atoms with Crippen LogP contribution in [-0.2, 0) is 0 Å². The minimum atomic E-state index is 0.362. The molecule has 0 spiro atoms. The van der Waals surface area contributed by atoms with Gasteiger partial charge in [0.05, 0.1) is 33.7 Å². The Kier molecular flexibility index (Phi) is 4.84. The van der Waals surface area contributed by atoms with Crippen LogP contribution in [0, 0.1) is 0 Å². The molecule has 0 saturated carbocycles. The van der Waals surface area contributed by atoms with Gasteiger partial charge in [0.1, 0.15) is 0 Å². The fourth-order valence-electron chi connectivity index (χ4n) is 3.51. The fourth-order valence-corrected chi connectivity index (χ4v) is 3.51. The summed E-state index contributed by atoms with van der Waals surface area (Å²) in [4.78, 5) is 0. The maximum absolute atomic E-state index is 3.79. The van der Waals surface area contributed by atoms with E-state index in [0.717, 1.165) is 11.0 Å². The molecule has 0 fully saturated rings. The van der Waals surface area contributed by atoms with E-state index in [-0.39, 0.29) is 0 Å². The van der Waals surface area contributed by atoms with Gasteiger partial charge in [0.15, 0.2) is 0 Å². The predicted octanol–water partition coefficient (Wildman–Crippen LogP) is 4.22. The van der Waals surface area contributed by atoms with E-state index in [1.807, 2.05) is 0 Å². The van der Waals surface area contributed by atoms with E-state index < -0.39 is 0 Å². The second-order valence-corrected chi connectivity index (χ2v) is 7.64. The van der Waals surface area contributed by atoms with Gasteiger partial charge in [-0.3, -0.25) is 0 Å². The highest BCUT2D eigenvalue weighted by Gasteiger charge is 2.27. The van der Waals surface area contributed by atoms with Crippen LogP contribution < -0.4 is 5.32 Å². The smallest absolute Gasteiger partial charge is 0.0780 e. The molecule has 2 nitrogen and oxygen atoms in total. The van der Waals surface area contributed by atoms with E-state index in [1.54, 1.807) is 0 Å². The van der Waals surface area contributed by atoms with Crippen LogP contribution in [0.15, 0.2) is 48.5 Å². The van der Waals surface area contributed by atoms with Crippen LogP contribution in [-0.4, -0.2) is 38.7 Å². The van der Waals surface area contributed by atoms with Crippen molar-refractivity contribution in [3.63, 3.8) is 0 Å². The average molecular weight is 309 g/mol. The Balaban J connectivity index is 1.58. The number of quaternary nitrogens is 1. The van der Waals surface area contributed by atoms with Crippen LogP contribution in [0.25, 0.3) is 11.1 Å². The van der Waals surface area contributed by atoms with Gasteiger partial charge in [0, 0.05) is 0 Å². The van der Waals surface area contributed by atoms with Gasteiger partial charge >= 0.3 is 0 Å². The predicted molar refractivity (Wildman–Crippen MR) is 98.5 cm³/mol. The third kappa shape index (κ3) is 3.82. The van der Waals surface area contributed by atoms with Gasteiger partial charge in [0.25, 0.3) is 0 Å². The molecule has 1 aliphatic carbocycles. The standard InChI is InChI=1S/C21H29N2/c1-23(2,3)16-10-4-9-15-22-21-19-13-7-5-11-17(19)18-12-6-8-14-20(18)21/h5-8,11-14,21-22H,4,9-10,15-16H2,1-3H3/q+1. The van der Waals surface area contributed by atoms with Crippen LogP contribution in [0.3, 0.4) is 0 Å². The second kappa shape index (κ2) is 6.86. The summed E-state index contributed by atoms with van der Waals surface area (Å²) in [6.45, 7) is 2.35. The van der Waals surface area contributed by atoms with Crippen molar-refractivity contribution in [2.24, 2.45) is 0 Å². The lowest BCUT2D eigenvalue weighted by molar-refractivity contribution is -0.870. The Morgan fingerprint density at radius 3 is 1.91 bits per heavy atom. The number of nitrogens with one attached hydrogen (secondary N) is 1. The zero-order chi connectivity index (χ0) is 16.3. The average Bonchev–Trinajstić information content (AvgIpc) is 2.84. The number of unbranched alkanes of at least 4 members (excludes halogenated alkanes) is 2. The maximum Gasteiger partial charge on any atom is 0.0780 e. The molecule has 2 heteroatoms. The quantitative estimate of drug-likeness (QED) is 0.596. The SMILES string of the molecule is C[N+](C)(C)CCCCCNC1c2ccccc2-c2ccccc21. The number of hydrogen-bond donors (Lipinski definition) is 1. The van der Waals surface area contributed by atoms with E-state index in [2.05, 4.69) is 75.0 Å². The van der Waals surface area contributed by atoms with E-state index in [1.165, 1.54) is 48.1 Å². The van der Waals surface area contributed by atoms with E-state index >= 15 is 0 Å². The van der Waals surface area contributed by atoms with Crippen LogP contribution in [0.4, 0.5) is 0 Å². The highest BCUT2D eigenvalue weighted by molar-refractivity contribution is 5.78. The molecule has 0 aromatic heterocycles. The summed E-state index contributed by atoms with van der Waals surface area (Å²) >= 11 is 0. The first-order valence-electron chi connectivity index (χ1n) is 8.78. The monoisotopic (exact) mass is 309 g/mol. The summed E-state index contributed by atoms with van der Waals surface area (Å²) < 4.78 is 1.07. The van der Waals surface area contributed by atoms with Crippen LogP contribution in [0.2, 0.25) is 0 Å². The minimum absolute atomic E-state index is 0.362. The van der Waals surface area contributed by atoms with E-state index in [0.29, 0.717) is 6.04 Å². The molecule has 3 rings (SSSR count). The zero-order valence-electron chi connectivity index (χ0n) is 14.7. The van der Waals surface area contributed by atoms with Crippen LogP contribution >= 0.6 is 0 Å². The van der Waals surface area contributed by atoms with Crippen LogP contribution in [0.1, 0.15) is 36.4 Å². The van der Waals surface area contributed by atoms with Crippen molar-refractivity contribution in [2.45, 2.75) is 25.3 Å². The lowest BCUT2D eigenvalue weighted by Gasteiger charge is -2.23. The summed E-state index contributed by atoms with van der Waals surface area (Å²) in [6.07, 6.45) is 3.86. The molecule has 2 aromatic carbocycles. The first-order valence-corrected chi connectivity index (χ1v) is 8.78. The van der Waals surface area contributed by atoms with Crippen molar-refractivity contribution in [2.75, 3.05) is 34.2 Å². The fraction of sp³-hybridized carbons (Fsp3) is 0.429. The summed E-state index contributed by atoms with van der Waals surface area (Å²) in [5.41, 5.74) is 5.65. The summed E-state index contributed by atoms with van der Waals surface area (Å²) in [6, 6.07) is 18.0. The summed E-state index contributed by atoms with van der Waals surface area (Å²) in [5, 5.41) is 3.79. The molecule has 0 amide bonds. The second-order valence-electron chi connectivity index (χ2n) is 7.64. The normalized spacial score (nSPS) is 13.9. The van der Waals surface area contributed by atoms with Crippen molar-refractivity contribution in [3.05, 3.63) is 59.7 Å². The van der Waals surface area contributed by atoms with Gasteiger partial charge in [-0.15, -0.1) is 0 Å². The number of hydrogen-bond acceptors (Lipinski definition) is 1. The summed E-state index contributed by atoms with van der Waals surface area (Å²) in [7, 11) is 6.81. The molecule has 1 aliphatic rings. The van der Waals surface area contributed by atoms with Gasteiger partial charge in [0.2, 0.25) is 0 Å². The zero-order valence-corrected chi connectivity index (χ0v) is 14.7. The van der Waals surface area contributed by atoms with Crippen molar-refractivity contribution in [1.29, 1.82) is 0 Å². The van der Waals surface area contributed by atoms with Crippen molar-refractivity contribution >= 4 is 0 Å². The molecule has 0 saturated heterocycles. The van der Waals surface area contributed by atoms with E-state index in [4.69, 9.17) is 0 Å². The van der Waals surface area contributed by atoms with Crippen molar-refractivity contribution in [3.8, 4) is 11.1 Å². The number of nitrogens with zero attached hydrogens (tertiary/aromatic N) is 1. The lowest BCUT2D eigenvalue weighted by Crippen LogP contribution is -2.35. The number of rotatable bonds is 7. The highest BCUT2D eigenvalue weighted by Crippen LogP contribution is 2.42. The lowest BCUT2D eigenvalue weighted by atomic mass is 10.1. The molecule has 0 atom stereocenters. The minimum Gasteiger partial charge on any atom is -0.331 e. The molecular formula is C21H29N2+.